The van der Waals surface area contributed by atoms with Gasteiger partial charge in [0.25, 0.3) is 5.91 Å². The van der Waals surface area contributed by atoms with E-state index in [2.05, 4.69) is 15.6 Å². The number of anilines is 1. The van der Waals surface area contributed by atoms with Gasteiger partial charge in [0, 0.05) is 30.9 Å². The molecule has 0 aliphatic carbocycles. The van der Waals surface area contributed by atoms with E-state index < -0.39 is 11.9 Å². The van der Waals surface area contributed by atoms with Crippen LogP contribution in [0.4, 0.5) is 5.69 Å². The molecule has 1 atom stereocenters. The molecule has 0 radical (unpaired) electrons. The molecule has 1 aliphatic heterocycles. The number of pyridine rings is 1. The maximum absolute atomic E-state index is 11.9. The number of benzene rings is 1. The molecule has 3 rings (SSSR count). The van der Waals surface area contributed by atoms with Crippen molar-refractivity contribution in [2.45, 2.75) is 19.3 Å². The highest BCUT2D eigenvalue weighted by atomic mass is 16.4. The zero-order chi connectivity index (χ0) is 17.3. The van der Waals surface area contributed by atoms with Crippen LogP contribution in [0.15, 0.2) is 30.3 Å². The number of hydrogen-bond acceptors (Lipinski definition) is 4. The number of carboxylic acids is 1. The van der Waals surface area contributed by atoms with Crippen molar-refractivity contribution >= 4 is 17.6 Å². The van der Waals surface area contributed by atoms with Crippen LogP contribution in [-0.4, -0.2) is 35.6 Å². The molecule has 0 bridgehead atoms. The molecular weight excluding hydrogens is 306 g/mol. The van der Waals surface area contributed by atoms with Crippen LogP contribution in [0.1, 0.15) is 50.5 Å². The summed E-state index contributed by atoms with van der Waals surface area (Å²) in [6, 6.07) is 8.89. The highest BCUT2D eigenvalue weighted by molar-refractivity contribution is 5.95. The van der Waals surface area contributed by atoms with Gasteiger partial charge in [-0.3, -0.25) is 4.79 Å². The quantitative estimate of drug-likeness (QED) is 0.802. The van der Waals surface area contributed by atoms with E-state index in [1.165, 1.54) is 18.7 Å². The van der Waals surface area contributed by atoms with Crippen LogP contribution in [0.25, 0.3) is 0 Å². The average molecular weight is 325 g/mol. The minimum absolute atomic E-state index is 0.0659. The molecule has 2 heterocycles. The van der Waals surface area contributed by atoms with Crippen molar-refractivity contribution in [3.8, 4) is 0 Å². The summed E-state index contributed by atoms with van der Waals surface area (Å²) in [4.78, 5) is 27.7. The minimum Gasteiger partial charge on any atom is -0.478 e. The van der Waals surface area contributed by atoms with E-state index >= 15 is 0 Å². The van der Waals surface area contributed by atoms with Gasteiger partial charge >= 0.3 is 5.97 Å². The normalized spacial score (nSPS) is 13.8. The van der Waals surface area contributed by atoms with Crippen molar-refractivity contribution in [1.29, 1.82) is 0 Å². The maximum Gasteiger partial charge on any atom is 0.335 e. The fourth-order valence-corrected chi connectivity index (χ4v) is 3.08. The third-order valence-electron chi connectivity index (χ3n) is 4.36. The molecule has 0 fully saturated rings. The van der Waals surface area contributed by atoms with E-state index in [1.54, 1.807) is 6.07 Å². The van der Waals surface area contributed by atoms with Gasteiger partial charge in [0.15, 0.2) is 0 Å². The Morgan fingerprint density at radius 1 is 1.33 bits per heavy atom. The van der Waals surface area contributed by atoms with Crippen LogP contribution >= 0.6 is 0 Å². The predicted molar refractivity (Wildman–Crippen MR) is 90.7 cm³/mol. The Hall–Kier alpha value is -2.89. The van der Waals surface area contributed by atoms with Crippen LogP contribution in [-0.2, 0) is 6.42 Å². The number of rotatable bonds is 4. The summed E-state index contributed by atoms with van der Waals surface area (Å²) in [5, 5.41) is 15.2. The number of nitrogens with zero attached hydrogens (tertiary/aromatic N) is 1. The first-order valence-electron chi connectivity index (χ1n) is 7.84. The molecule has 0 saturated heterocycles. The summed E-state index contributed by atoms with van der Waals surface area (Å²) in [6.45, 7) is 2.88. The second-order valence-electron chi connectivity index (χ2n) is 5.82. The predicted octanol–water partition coefficient (Wildman–Crippen LogP) is 2.26. The van der Waals surface area contributed by atoms with Crippen molar-refractivity contribution in [1.82, 2.24) is 10.3 Å². The Kier molecular flexibility index (Phi) is 4.20. The summed E-state index contributed by atoms with van der Waals surface area (Å²) in [7, 11) is 1.50. The number of carboxylic acid groups (broad SMARTS) is 1. The van der Waals surface area contributed by atoms with Gasteiger partial charge in [0.2, 0.25) is 0 Å². The lowest BCUT2D eigenvalue weighted by Gasteiger charge is -2.17. The van der Waals surface area contributed by atoms with E-state index in [1.807, 2.05) is 25.1 Å². The van der Waals surface area contributed by atoms with Crippen molar-refractivity contribution in [3.63, 3.8) is 0 Å². The van der Waals surface area contributed by atoms with Crippen LogP contribution < -0.4 is 10.6 Å². The van der Waals surface area contributed by atoms with Crippen molar-refractivity contribution < 1.29 is 14.7 Å². The minimum atomic E-state index is -1.07. The van der Waals surface area contributed by atoms with Gasteiger partial charge in [-0.1, -0.05) is 19.1 Å². The molecule has 124 valence electrons. The number of amides is 1. The first kappa shape index (κ1) is 16.0. The molecule has 6 nitrogen and oxygen atoms in total. The molecule has 2 aromatic rings. The SMILES string of the molecule is CNC(=O)c1cc(C(=O)O)cc(C(C)c2cccc3c2CCN3)n1. The van der Waals surface area contributed by atoms with Crippen molar-refractivity contribution in [2.24, 2.45) is 0 Å². The molecule has 1 aromatic heterocycles. The molecule has 1 amide bonds. The molecule has 0 spiro atoms. The number of fused-ring (bicyclic) bond motifs is 1. The lowest BCUT2D eigenvalue weighted by Crippen LogP contribution is -2.21. The monoisotopic (exact) mass is 325 g/mol. The Morgan fingerprint density at radius 3 is 2.83 bits per heavy atom. The van der Waals surface area contributed by atoms with Gasteiger partial charge in [0.05, 0.1) is 5.56 Å². The first-order chi connectivity index (χ1) is 11.5. The van der Waals surface area contributed by atoms with Gasteiger partial charge in [-0.2, -0.15) is 0 Å². The molecule has 1 aromatic carbocycles. The van der Waals surface area contributed by atoms with Gasteiger partial charge < -0.3 is 15.7 Å². The smallest absolute Gasteiger partial charge is 0.335 e. The molecule has 3 N–H and O–H groups in total. The van der Waals surface area contributed by atoms with E-state index in [0.717, 1.165) is 24.2 Å². The summed E-state index contributed by atoms with van der Waals surface area (Å²) in [5.41, 5.74) is 4.21. The Bertz CT molecular complexity index is 817. The van der Waals surface area contributed by atoms with Crippen LogP contribution in [0.2, 0.25) is 0 Å². The average Bonchev–Trinajstić information content (AvgIpc) is 3.08. The standard InChI is InChI=1S/C18H19N3O3/c1-10(12-4-3-5-14-13(12)6-7-20-14)15-8-11(18(23)24)9-16(21-15)17(22)19-2/h3-5,8-10,20H,6-7H2,1-2H3,(H,19,22)(H,23,24). The molecule has 0 saturated carbocycles. The number of carbonyl (C=O) groups excluding carboxylic acids is 1. The second kappa shape index (κ2) is 6.31. The van der Waals surface area contributed by atoms with E-state index in [9.17, 15) is 14.7 Å². The molecule has 1 unspecified atom stereocenters. The molecule has 24 heavy (non-hydrogen) atoms. The van der Waals surface area contributed by atoms with Gasteiger partial charge in [-0.25, -0.2) is 9.78 Å². The number of aromatic carboxylic acids is 1. The number of hydrogen-bond donors (Lipinski definition) is 3. The fraction of sp³-hybridized carbons (Fsp3) is 0.278. The summed E-state index contributed by atoms with van der Waals surface area (Å²) >= 11 is 0. The fourth-order valence-electron chi connectivity index (χ4n) is 3.08. The number of carbonyl (C=O) groups is 2. The molecule has 1 aliphatic rings. The molecular formula is C18H19N3O3. The third-order valence-corrected chi connectivity index (χ3v) is 4.36. The number of nitrogens with one attached hydrogen (secondary N) is 2. The van der Waals surface area contributed by atoms with Crippen LogP contribution in [0.3, 0.4) is 0 Å². The second-order valence-corrected chi connectivity index (χ2v) is 5.82. The maximum atomic E-state index is 11.9. The van der Waals surface area contributed by atoms with E-state index in [0.29, 0.717) is 5.69 Å². The summed E-state index contributed by atoms with van der Waals surface area (Å²) < 4.78 is 0. The largest absolute Gasteiger partial charge is 0.478 e. The van der Waals surface area contributed by atoms with Gasteiger partial charge in [-0.15, -0.1) is 0 Å². The lowest BCUT2D eigenvalue weighted by atomic mass is 9.90. The highest BCUT2D eigenvalue weighted by Crippen LogP contribution is 2.33. The molecule has 6 heteroatoms. The summed E-state index contributed by atoms with van der Waals surface area (Å²) in [6.07, 6.45) is 0.927. The summed E-state index contributed by atoms with van der Waals surface area (Å²) in [5.74, 6) is -1.58. The number of aromatic nitrogens is 1. The van der Waals surface area contributed by atoms with E-state index in [-0.39, 0.29) is 17.2 Å². The first-order valence-corrected chi connectivity index (χ1v) is 7.84. The highest BCUT2D eigenvalue weighted by Gasteiger charge is 2.22. The zero-order valence-electron chi connectivity index (χ0n) is 13.6. The van der Waals surface area contributed by atoms with Gasteiger partial charge in [0.1, 0.15) is 5.69 Å². The zero-order valence-corrected chi connectivity index (χ0v) is 13.6. The third kappa shape index (κ3) is 2.82. The Balaban J connectivity index is 2.08. The van der Waals surface area contributed by atoms with Gasteiger partial charge in [-0.05, 0) is 35.7 Å². The van der Waals surface area contributed by atoms with Crippen molar-refractivity contribution in [2.75, 3.05) is 18.9 Å². The van der Waals surface area contributed by atoms with Crippen molar-refractivity contribution in [3.05, 3.63) is 58.4 Å². The topological polar surface area (TPSA) is 91.3 Å². The lowest BCUT2D eigenvalue weighted by molar-refractivity contribution is 0.0696. The van der Waals surface area contributed by atoms with Crippen LogP contribution in [0.5, 0.6) is 0 Å². The van der Waals surface area contributed by atoms with E-state index in [4.69, 9.17) is 0 Å². The van der Waals surface area contributed by atoms with Crippen LogP contribution in [0, 0.1) is 0 Å². The Labute approximate surface area is 139 Å². The Morgan fingerprint density at radius 2 is 2.12 bits per heavy atom.